The fraction of sp³-hybridized carbons (Fsp3) is 0.667. The molecule has 2 rings (SSSR count). The molecule has 1 aliphatic heterocycles. The number of hydrogen-bond acceptors (Lipinski definition) is 3. The number of aryl methyl sites for hydroxylation is 1. The van der Waals surface area contributed by atoms with Crippen molar-refractivity contribution < 1.29 is 9.59 Å². The molecule has 22 heavy (non-hydrogen) atoms. The van der Waals surface area contributed by atoms with Crippen molar-refractivity contribution in [3.05, 3.63) is 16.4 Å². The van der Waals surface area contributed by atoms with Gasteiger partial charge < -0.3 is 10.2 Å². The molecule has 0 spiro atoms. The number of aromatic nitrogens is 2. The molecule has 2 amide bonds. The van der Waals surface area contributed by atoms with Gasteiger partial charge in [0, 0.05) is 33.1 Å². The Hall–Kier alpha value is -1.56. The monoisotopic (exact) mass is 326 g/mol. The van der Waals surface area contributed by atoms with Gasteiger partial charge in [-0.15, -0.1) is 0 Å². The van der Waals surface area contributed by atoms with Crippen LogP contribution in [0.25, 0.3) is 0 Å². The van der Waals surface area contributed by atoms with Crippen molar-refractivity contribution in [2.45, 2.75) is 45.6 Å². The van der Waals surface area contributed by atoms with E-state index in [0.29, 0.717) is 17.3 Å². The van der Waals surface area contributed by atoms with Crippen LogP contribution >= 0.6 is 11.6 Å². The fourth-order valence-electron chi connectivity index (χ4n) is 2.84. The molecule has 1 atom stereocenters. The van der Waals surface area contributed by atoms with Gasteiger partial charge in [0.1, 0.15) is 0 Å². The lowest BCUT2D eigenvalue weighted by Crippen LogP contribution is -2.45. The van der Waals surface area contributed by atoms with Crippen molar-refractivity contribution in [2.24, 2.45) is 7.05 Å². The predicted octanol–water partition coefficient (Wildman–Crippen LogP) is 1.90. The Morgan fingerprint density at radius 1 is 1.41 bits per heavy atom. The Balaban J connectivity index is 2.10. The molecule has 2 heterocycles. The standard InChI is InChI=1S/C15H23ClN4O2/c1-10-13(16)14(18-19(10)3)15(22)20-9-5-4-6-12(20)7-8-17-11(2)21/h12H,4-9H2,1-3H3,(H,17,21). The van der Waals surface area contributed by atoms with E-state index in [-0.39, 0.29) is 17.9 Å². The Bertz CT molecular complexity index is 570. The van der Waals surface area contributed by atoms with Crippen molar-refractivity contribution >= 4 is 23.4 Å². The number of halogens is 1. The smallest absolute Gasteiger partial charge is 0.276 e. The predicted molar refractivity (Wildman–Crippen MR) is 84.9 cm³/mol. The molecule has 7 heteroatoms. The zero-order chi connectivity index (χ0) is 16.3. The number of nitrogens with zero attached hydrogens (tertiary/aromatic N) is 3. The molecule has 1 N–H and O–H groups in total. The number of carbonyl (C=O) groups is 2. The molecule has 1 saturated heterocycles. The number of hydrogen-bond donors (Lipinski definition) is 1. The molecule has 1 unspecified atom stereocenters. The van der Waals surface area contributed by atoms with Gasteiger partial charge in [0.2, 0.25) is 5.91 Å². The molecule has 0 bridgehead atoms. The summed E-state index contributed by atoms with van der Waals surface area (Å²) in [5.74, 6) is -0.154. The molecular formula is C15H23ClN4O2. The largest absolute Gasteiger partial charge is 0.356 e. The summed E-state index contributed by atoms with van der Waals surface area (Å²) in [6, 6.07) is 0.131. The van der Waals surface area contributed by atoms with Crippen molar-refractivity contribution in [1.29, 1.82) is 0 Å². The van der Waals surface area contributed by atoms with Crippen molar-refractivity contribution in [2.75, 3.05) is 13.1 Å². The maximum absolute atomic E-state index is 12.8. The zero-order valence-corrected chi connectivity index (χ0v) is 14.1. The Morgan fingerprint density at radius 2 is 2.14 bits per heavy atom. The van der Waals surface area contributed by atoms with Crippen LogP contribution in [0.4, 0.5) is 0 Å². The van der Waals surface area contributed by atoms with Gasteiger partial charge in [0.15, 0.2) is 5.69 Å². The third-order valence-electron chi connectivity index (χ3n) is 4.20. The summed E-state index contributed by atoms with van der Waals surface area (Å²) < 4.78 is 1.63. The molecule has 0 aliphatic carbocycles. The minimum absolute atomic E-state index is 0.0444. The topological polar surface area (TPSA) is 67.2 Å². The van der Waals surface area contributed by atoms with Crippen molar-refractivity contribution in [1.82, 2.24) is 20.0 Å². The highest BCUT2D eigenvalue weighted by molar-refractivity contribution is 6.34. The second-order valence-electron chi connectivity index (χ2n) is 5.79. The highest BCUT2D eigenvalue weighted by Crippen LogP contribution is 2.25. The SMILES string of the molecule is CC(=O)NCCC1CCCCN1C(=O)c1nn(C)c(C)c1Cl. The molecule has 122 valence electrons. The molecule has 0 radical (unpaired) electrons. The summed E-state index contributed by atoms with van der Waals surface area (Å²) in [5.41, 5.74) is 1.12. The third-order valence-corrected chi connectivity index (χ3v) is 4.66. The average molecular weight is 327 g/mol. The van der Waals surface area contributed by atoms with Crippen LogP contribution in [0, 0.1) is 6.92 Å². The quantitative estimate of drug-likeness (QED) is 0.919. The third kappa shape index (κ3) is 3.61. The van der Waals surface area contributed by atoms with Crippen LogP contribution < -0.4 is 5.32 Å². The summed E-state index contributed by atoms with van der Waals surface area (Å²) in [5, 5.41) is 7.47. The highest BCUT2D eigenvalue weighted by Gasteiger charge is 2.30. The van der Waals surface area contributed by atoms with Crippen LogP contribution in [0.15, 0.2) is 0 Å². The van der Waals surface area contributed by atoms with E-state index in [4.69, 9.17) is 11.6 Å². The lowest BCUT2D eigenvalue weighted by atomic mass is 9.98. The summed E-state index contributed by atoms with van der Waals surface area (Å²) in [6.07, 6.45) is 3.80. The Labute approximate surface area is 135 Å². The van der Waals surface area contributed by atoms with Crippen molar-refractivity contribution in [3.8, 4) is 0 Å². The second kappa shape index (κ2) is 7.13. The van der Waals surface area contributed by atoms with Crippen LogP contribution in [-0.4, -0.2) is 45.6 Å². The average Bonchev–Trinajstić information content (AvgIpc) is 2.74. The van der Waals surface area contributed by atoms with E-state index in [9.17, 15) is 9.59 Å². The van der Waals surface area contributed by atoms with E-state index in [1.165, 1.54) is 6.92 Å². The minimum Gasteiger partial charge on any atom is -0.356 e. The fourth-order valence-corrected chi connectivity index (χ4v) is 3.08. The van der Waals surface area contributed by atoms with E-state index in [0.717, 1.165) is 37.9 Å². The van der Waals surface area contributed by atoms with Gasteiger partial charge in [-0.3, -0.25) is 14.3 Å². The van der Waals surface area contributed by atoms with Crippen LogP contribution in [0.1, 0.15) is 48.8 Å². The normalized spacial score (nSPS) is 18.4. The van der Waals surface area contributed by atoms with Gasteiger partial charge in [-0.2, -0.15) is 5.10 Å². The number of nitrogens with one attached hydrogen (secondary N) is 1. The van der Waals surface area contributed by atoms with Crippen LogP contribution in [0.5, 0.6) is 0 Å². The van der Waals surface area contributed by atoms with Gasteiger partial charge in [0.05, 0.1) is 10.7 Å². The first-order chi connectivity index (χ1) is 10.4. The molecule has 1 aliphatic rings. The number of piperidine rings is 1. The molecule has 1 aromatic heterocycles. The van der Waals surface area contributed by atoms with Crippen molar-refractivity contribution in [3.63, 3.8) is 0 Å². The highest BCUT2D eigenvalue weighted by atomic mass is 35.5. The summed E-state index contributed by atoms with van der Waals surface area (Å²) >= 11 is 6.23. The Morgan fingerprint density at radius 3 is 2.73 bits per heavy atom. The number of carbonyl (C=O) groups excluding carboxylic acids is 2. The molecule has 1 aromatic rings. The summed E-state index contributed by atoms with van der Waals surface area (Å²) in [7, 11) is 1.78. The van der Waals surface area contributed by atoms with Gasteiger partial charge >= 0.3 is 0 Å². The van der Waals surface area contributed by atoms with Gasteiger partial charge in [0.25, 0.3) is 5.91 Å². The van der Waals surface area contributed by atoms with Crippen LogP contribution in [0.3, 0.4) is 0 Å². The van der Waals surface area contributed by atoms with E-state index in [1.807, 2.05) is 11.8 Å². The maximum Gasteiger partial charge on any atom is 0.276 e. The number of rotatable bonds is 4. The first kappa shape index (κ1) is 16.8. The molecule has 0 aromatic carbocycles. The molecule has 0 saturated carbocycles. The molecular weight excluding hydrogens is 304 g/mol. The molecule has 6 nitrogen and oxygen atoms in total. The minimum atomic E-state index is -0.110. The van der Waals surface area contributed by atoms with Crippen LogP contribution in [0.2, 0.25) is 5.02 Å². The van der Waals surface area contributed by atoms with Gasteiger partial charge in [-0.05, 0) is 32.6 Å². The first-order valence-corrected chi connectivity index (χ1v) is 8.04. The van der Waals surface area contributed by atoms with Gasteiger partial charge in [-0.25, -0.2) is 0 Å². The van der Waals surface area contributed by atoms with E-state index < -0.39 is 0 Å². The molecule has 1 fully saturated rings. The summed E-state index contributed by atoms with van der Waals surface area (Å²) in [4.78, 5) is 25.6. The Kier molecular flexibility index (Phi) is 5.45. The van der Waals surface area contributed by atoms with E-state index in [1.54, 1.807) is 11.7 Å². The van der Waals surface area contributed by atoms with E-state index in [2.05, 4.69) is 10.4 Å². The number of likely N-dealkylation sites (tertiary alicyclic amines) is 1. The first-order valence-electron chi connectivity index (χ1n) is 7.66. The maximum atomic E-state index is 12.8. The lowest BCUT2D eigenvalue weighted by Gasteiger charge is -2.35. The van der Waals surface area contributed by atoms with Crippen LogP contribution in [-0.2, 0) is 11.8 Å². The number of amides is 2. The summed E-state index contributed by atoms with van der Waals surface area (Å²) in [6.45, 7) is 4.64. The second-order valence-corrected chi connectivity index (χ2v) is 6.17. The van der Waals surface area contributed by atoms with Gasteiger partial charge in [-0.1, -0.05) is 11.6 Å². The lowest BCUT2D eigenvalue weighted by molar-refractivity contribution is -0.119. The van der Waals surface area contributed by atoms with E-state index >= 15 is 0 Å². The zero-order valence-electron chi connectivity index (χ0n) is 13.4.